The Morgan fingerprint density at radius 1 is 1.24 bits per heavy atom. The number of nitrogens with one attached hydrogen (secondary N) is 1. The number of amides is 1. The van der Waals surface area contributed by atoms with Gasteiger partial charge in [0.15, 0.2) is 0 Å². The first-order chi connectivity index (χ1) is 10.1. The molecule has 2 heterocycles. The average Bonchev–Trinajstić information content (AvgIpc) is 2.84. The minimum Gasteiger partial charge on any atom is -0.342 e. The molecule has 2 aromatic rings. The van der Waals surface area contributed by atoms with Crippen molar-refractivity contribution < 1.29 is 4.79 Å². The Morgan fingerprint density at radius 2 is 1.90 bits per heavy atom. The van der Waals surface area contributed by atoms with E-state index in [1.54, 1.807) is 29.4 Å². The molecule has 108 valence electrons. The highest BCUT2D eigenvalue weighted by molar-refractivity contribution is 6.30. The second-order valence-electron chi connectivity index (χ2n) is 5.04. The van der Waals surface area contributed by atoms with E-state index < -0.39 is 0 Å². The van der Waals surface area contributed by atoms with E-state index in [4.69, 9.17) is 11.6 Å². The summed E-state index contributed by atoms with van der Waals surface area (Å²) in [7, 11) is 0. The first kappa shape index (κ1) is 13.8. The predicted molar refractivity (Wildman–Crippen MR) is 82.6 cm³/mol. The zero-order chi connectivity index (χ0) is 14.8. The van der Waals surface area contributed by atoms with Crippen LogP contribution < -0.4 is 10.2 Å². The SMILES string of the molecule is Cc1cnc(NC2CCN(c3ccc(Cl)cc3)C2=O)nc1. The van der Waals surface area contributed by atoms with E-state index >= 15 is 0 Å². The summed E-state index contributed by atoms with van der Waals surface area (Å²) in [6.45, 7) is 2.59. The van der Waals surface area contributed by atoms with Gasteiger partial charge >= 0.3 is 0 Å². The number of carbonyl (C=O) groups excluding carboxylic acids is 1. The van der Waals surface area contributed by atoms with E-state index in [1.165, 1.54) is 0 Å². The highest BCUT2D eigenvalue weighted by atomic mass is 35.5. The summed E-state index contributed by atoms with van der Waals surface area (Å²) in [5, 5.41) is 3.75. The Bertz CT molecular complexity index is 642. The van der Waals surface area contributed by atoms with Crippen molar-refractivity contribution in [3.63, 3.8) is 0 Å². The predicted octanol–water partition coefficient (Wildman–Crippen LogP) is 2.66. The lowest BCUT2D eigenvalue weighted by Gasteiger charge is -2.17. The highest BCUT2D eigenvalue weighted by Crippen LogP contribution is 2.24. The summed E-state index contributed by atoms with van der Waals surface area (Å²) in [5.41, 5.74) is 1.85. The number of carbonyl (C=O) groups is 1. The van der Waals surface area contributed by atoms with Crippen LogP contribution in [0.2, 0.25) is 5.02 Å². The van der Waals surface area contributed by atoms with Crippen molar-refractivity contribution in [1.82, 2.24) is 9.97 Å². The van der Waals surface area contributed by atoms with Crippen molar-refractivity contribution in [2.24, 2.45) is 0 Å². The fraction of sp³-hybridized carbons (Fsp3) is 0.267. The summed E-state index contributed by atoms with van der Waals surface area (Å²) < 4.78 is 0. The maximum atomic E-state index is 12.4. The van der Waals surface area contributed by atoms with E-state index in [-0.39, 0.29) is 11.9 Å². The molecule has 1 unspecified atom stereocenters. The molecule has 0 aliphatic carbocycles. The minimum absolute atomic E-state index is 0.0292. The number of anilines is 2. The fourth-order valence-electron chi connectivity index (χ4n) is 2.31. The van der Waals surface area contributed by atoms with Crippen molar-refractivity contribution in [2.45, 2.75) is 19.4 Å². The number of rotatable bonds is 3. The van der Waals surface area contributed by atoms with E-state index in [9.17, 15) is 4.79 Å². The molecular weight excluding hydrogens is 288 g/mol. The Kier molecular flexibility index (Phi) is 3.75. The fourth-order valence-corrected chi connectivity index (χ4v) is 2.44. The van der Waals surface area contributed by atoms with Crippen LogP contribution in [0.4, 0.5) is 11.6 Å². The average molecular weight is 303 g/mol. The Hall–Kier alpha value is -2.14. The summed E-state index contributed by atoms with van der Waals surface area (Å²) in [6.07, 6.45) is 4.18. The summed E-state index contributed by atoms with van der Waals surface area (Å²) in [4.78, 5) is 22.5. The first-order valence-electron chi connectivity index (χ1n) is 6.75. The van der Waals surface area contributed by atoms with Crippen LogP contribution in [0.5, 0.6) is 0 Å². The molecule has 1 fully saturated rings. The largest absolute Gasteiger partial charge is 0.342 e. The lowest BCUT2D eigenvalue weighted by atomic mass is 10.2. The lowest BCUT2D eigenvalue weighted by Crippen LogP contribution is -2.33. The van der Waals surface area contributed by atoms with Crippen LogP contribution in [0.1, 0.15) is 12.0 Å². The van der Waals surface area contributed by atoms with Gasteiger partial charge in [-0.05, 0) is 43.2 Å². The van der Waals surface area contributed by atoms with Crippen LogP contribution in [0.25, 0.3) is 0 Å². The number of hydrogen-bond donors (Lipinski definition) is 1. The quantitative estimate of drug-likeness (QED) is 0.947. The molecule has 3 rings (SSSR count). The van der Waals surface area contributed by atoms with Gasteiger partial charge < -0.3 is 10.2 Å². The molecule has 1 atom stereocenters. The van der Waals surface area contributed by atoms with Crippen molar-refractivity contribution in [3.8, 4) is 0 Å². The Labute approximate surface area is 128 Å². The van der Waals surface area contributed by atoms with Gasteiger partial charge in [0.25, 0.3) is 0 Å². The zero-order valence-electron chi connectivity index (χ0n) is 11.6. The molecule has 1 aliphatic rings. The van der Waals surface area contributed by atoms with Crippen LogP contribution in [-0.4, -0.2) is 28.5 Å². The molecule has 21 heavy (non-hydrogen) atoms. The molecule has 5 nitrogen and oxygen atoms in total. The van der Waals surface area contributed by atoms with Gasteiger partial charge in [-0.15, -0.1) is 0 Å². The highest BCUT2D eigenvalue weighted by Gasteiger charge is 2.32. The van der Waals surface area contributed by atoms with Gasteiger partial charge in [0.1, 0.15) is 6.04 Å². The third kappa shape index (κ3) is 2.97. The van der Waals surface area contributed by atoms with Crippen molar-refractivity contribution in [2.75, 3.05) is 16.8 Å². The third-order valence-corrected chi connectivity index (χ3v) is 3.68. The second kappa shape index (κ2) is 5.69. The summed E-state index contributed by atoms with van der Waals surface area (Å²) in [5.74, 6) is 0.512. The second-order valence-corrected chi connectivity index (χ2v) is 5.47. The normalized spacial score (nSPS) is 18.1. The molecule has 1 saturated heterocycles. The molecule has 0 saturated carbocycles. The molecule has 6 heteroatoms. The van der Waals surface area contributed by atoms with Gasteiger partial charge in [-0.1, -0.05) is 11.6 Å². The number of halogens is 1. The molecular formula is C15H15ClN4O. The van der Waals surface area contributed by atoms with Gasteiger partial charge in [-0.3, -0.25) is 4.79 Å². The molecule has 1 N–H and O–H groups in total. The van der Waals surface area contributed by atoms with E-state index in [0.29, 0.717) is 17.5 Å². The van der Waals surface area contributed by atoms with Crippen LogP contribution in [0, 0.1) is 6.92 Å². The third-order valence-electron chi connectivity index (χ3n) is 3.43. The smallest absolute Gasteiger partial charge is 0.249 e. The molecule has 1 aliphatic heterocycles. The van der Waals surface area contributed by atoms with Crippen LogP contribution in [0.3, 0.4) is 0 Å². The van der Waals surface area contributed by atoms with E-state index in [0.717, 1.165) is 17.7 Å². The molecule has 1 aromatic carbocycles. The van der Waals surface area contributed by atoms with E-state index in [2.05, 4.69) is 15.3 Å². The van der Waals surface area contributed by atoms with Crippen LogP contribution in [-0.2, 0) is 4.79 Å². The molecule has 0 spiro atoms. The van der Waals surface area contributed by atoms with Gasteiger partial charge in [0.05, 0.1) is 0 Å². The number of hydrogen-bond acceptors (Lipinski definition) is 4. The van der Waals surface area contributed by atoms with Crippen LogP contribution >= 0.6 is 11.6 Å². The zero-order valence-corrected chi connectivity index (χ0v) is 12.3. The van der Waals surface area contributed by atoms with Crippen molar-refractivity contribution >= 4 is 29.1 Å². The summed E-state index contributed by atoms with van der Waals surface area (Å²) in [6, 6.07) is 6.99. The topological polar surface area (TPSA) is 58.1 Å². The van der Waals surface area contributed by atoms with Crippen LogP contribution in [0.15, 0.2) is 36.7 Å². The van der Waals surface area contributed by atoms with E-state index in [1.807, 2.05) is 19.1 Å². The minimum atomic E-state index is -0.289. The van der Waals surface area contributed by atoms with Gasteiger partial charge in [-0.25, -0.2) is 9.97 Å². The Morgan fingerprint density at radius 3 is 2.57 bits per heavy atom. The number of benzene rings is 1. The van der Waals surface area contributed by atoms with Crippen molar-refractivity contribution in [3.05, 3.63) is 47.2 Å². The number of aryl methyl sites for hydroxylation is 1. The molecule has 1 aromatic heterocycles. The Balaban J connectivity index is 1.71. The van der Waals surface area contributed by atoms with Gasteiger partial charge in [0.2, 0.25) is 11.9 Å². The molecule has 0 radical (unpaired) electrons. The standard InChI is InChI=1S/C15H15ClN4O/c1-10-8-17-15(18-9-10)19-13-6-7-20(14(13)21)12-4-2-11(16)3-5-12/h2-5,8-9,13H,6-7H2,1H3,(H,17,18,19). The summed E-state index contributed by atoms with van der Waals surface area (Å²) >= 11 is 5.87. The maximum Gasteiger partial charge on any atom is 0.249 e. The monoisotopic (exact) mass is 302 g/mol. The lowest BCUT2D eigenvalue weighted by molar-refractivity contribution is -0.117. The maximum absolute atomic E-state index is 12.4. The molecule has 0 bridgehead atoms. The van der Waals surface area contributed by atoms with Crippen molar-refractivity contribution in [1.29, 1.82) is 0 Å². The van der Waals surface area contributed by atoms with Gasteiger partial charge in [-0.2, -0.15) is 0 Å². The number of aromatic nitrogens is 2. The van der Waals surface area contributed by atoms with Gasteiger partial charge in [0, 0.05) is 29.6 Å². The first-order valence-corrected chi connectivity index (χ1v) is 7.13. The number of nitrogens with zero attached hydrogens (tertiary/aromatic N) is 3. The molecule has 1 amide bonds.